The van der Waals surface area contributed by atoms with Gasteiger partial charge in [0.25, 0.3) is 0 Å². The van der Waals surface area contributed by atoms with Crippen molar-refractivity contribution in [3.8, 4) is 6.07 Å². The van der Waals surface area contributed by atoms with Crippen molar-refractivity contribution in [1.82, 2.24) is 5.32 Å². The molecule has 1 N–H and O–H groups in total. The third kappa shape index (κ3) is 3.32. The van der Waals surface area contributed by atoms with Gasteiger partial charge in [0.2, 0.25) is 0 Å². The molecule has 0 aliphatic rings. The van der Waals surface area contributed by atoms with Crippen LogP contribution >= 0.6 is 0 Å². The Morgan fingerprint density at radius 3 is 2.44 bits per heavy atom. The van der Waals surface area contributed by atoms with E-state index in [0.717, 1.165) is 5.56 Å². The van der Waals surface area contributed by atoms with Gasteiger partial charge in [-0.05, 0) is 37.5 Å². The molecule has 0 saturated heterocycles. The maximum Gasteiger partial charge on any atom is 0.129 e. The van der Waals surface area contributed by atoms with E-state index in [4.69, 9.17) is 5.26 Å². The van der Waals surface area contributed by atoms with Gasteiger partial charge in [-0.15, -0.1) is 0 Å². The molecule has 0 amide bonds. The van der Waals surface area contributed by atoms with Crippen molar-refractivity contribution in [2.24, 2.45) is 5.92 Å². The molecule has 1 aromatic rings. The molecular formula is C13H17FN2. The minimum atomic E-state index is -0.130. The van der Waals surface area contributed by atoms with Gasteiger partial charge in [0.05, 0.1) is 12.0 Å². The quantitative estimate of drug-likeness (QED) is 0.846. The average molecular weight is 220 g/mol. The van der Waals surface area contributed by atoms with Crippen molar-refractivity contribution < 1.29 is 4.39 Å². The van der Waals surface area contributed by atoms with Gasteiger partial charge in [0.15, 0.2) is 0 Å². The Morgan fingerprint density at radius 2 is 1.94 bits per heavy atom. The van der Waals surface area contributed by atoms with Crippen molar-refractivity contribution in [3.63, 3.8) is 0 Å². The highest BCUT2D eigenvalue weighted by Gasteiger charge is 2.04. The minimum absolute atomic E-state index is 0.00245. The van der Waals surface area contributed by atoms with Crippen molar-refractivity contribution in [1.29, 1.82) is 5.26 Å². The highest BCUT2D eigenvalue weighted by atomic mass is 19.1. The van der Waals surface area contributed by atoms with Crippen LogP contribution in [0.1, 0.15) is 23.6 Å². The molecule has 0 saturated carbocycles. The fourth-order valence-electron chi connectivity index (χ4n) is 1.62. The summed E-state index contributed by atoms with van der Waals surface area (Å²) < 4.78 is 13.4. The molecule has 86 valence electrons. The van der Waals surface area contributed by atoms with Crippen molar-refractivity contribution >= 4 is 0 Å². The molecule has 1 rings (SSSR count). The largest absolute Gasteiger partial charge is 0.311 e. The van der Waals surface area contributed by atoms with Crippen LogP contribution in [-0.2, 0) is 6.54 Å². The van der Waals surface area contributed by atoms with Gasteiger partial charge in [0, 0.05) is 13.1 Å². The molecule has 16 heavy (non-hydrogen) atoms. The molecule has 0 bridgehead atoms. The summed E-state index contributed by atoms with van der Waals surface area (Å²) in [4.78, 5) is 0. The minimum Gasteiger partial charge on any atom is -0.311 e. The molecule has 0 aliphatic carbocycles. The summed E-state index contributed by atoms with van der Waals surface area (Å²) in [5.41, 5.74) is 2.40. The first-order valence-corrected chi connectivity index (χ1v) is 5.40. The Balaban J connectivity index is 2.59. The van der Waals surface area contributed by atoms with E-state index in [1.807, 2.05) is 19.1 Å². The first-order chi connectivity index (χ1) is 7.54. The van der Waals surface area contributed by atoms with Gasteiger partial charge in [-0.25, -0.2) is 4.39 Å². The molecule has 0 aromatic heterocycles. The van der Waals surface area contributed by atoms with Crippen LogP contribution in [0.25, 0.3) is 0 Å². The van der Waals surface area contributed by atoms with Crippen LogP contribution in [0.3, 0.4) is 0 Å². The van der Waals surface area contributed by atoms with E-state index in [1.165, 1.54) is 0 Å². The van der Waals surface area contributed by atoms with Crippen LogP contribution in [0.5, 0.6) is 0 Å². The molecule has 0 aliphatic heterocycles. The van der Waals surface area contributed by atoms with Crippen LogP contribution < -0.4 is 5.32 Å². The zero-order chi connectivity index (χ0) is 12.1. The maximum absolute atomic E-state index is 13.4. The molecule has 0 heterocycles. The predicted molar refractivity (Wildman–Crippen MR) is 62.4 cm³/mol. The van der Waals surface area contributed by atoms with Crippen molar-refractivity contribution in [3.05, 3.63) is 34.6 Å². The summed E-state index contributed by atoms with van der Waals surface area (Å²) in [6.45, 7) is 6.74. The summed E-state index contributed by atoms with van der Waals surface area (Å²) in [6.07, 6.45) is 0. The van der Waals surface area contributed by atoms with E-state index in [-0.39, 0.29) is 11.7 Å². The number of nitrogens with zero attached hydrogens (tertiary/aromatic N) is 1. The summed E-state index contributed by atoms with van der Waals surface area (Å²) in [5.74, 6) is -0.128. The maximum atomic E-state index is 13.4. The van der Waals surface area contributed by atoms with E-state index in [9.17, 15) is 4.39 Å². The van der Waals surface area contributed by atoms with E-state index in [2.05, 4.69) is 11.4 Å². The van der Waals surface area contributed by atoms with E-state index in [0.29, 0.717) is 24.2 Å². The molecule has 3 heteroatoms. The summed E-state index contributed by atoms with van der Waals surface area (Å²) >= 11 is 0. The summed E-state index contributed by atoms with van der Waals surface area (Å²) in [5, 5.41) is 11.8. The lowest BCUT2D eigenvalue weighted by Crippen LogP contribution is -2.20. The van der Waals surface area contributed by atoms with E-state index in [1.54, 1.807) is 13.8 Å². The Labute approximate surface area is 96.1 Å². The fourth-order valence-corrected chi connectivity index (χ4v) is 1.62. The number of rotatable bonds is 4. The van der Waals surface area contributed by atoms with Crippen LogP contribution in [0.4, 0.5) is 4.39 Å². The number of hydrogen-bond acceptors (Lipinski definition) is 2. The second-order valence-electron chi connectivity index (χ2n) is 4.20. The van der Waals surface area contributed by atoms with Gasteiger partial charge in [-0.2, -0.15) is 5.26 Å². The lowest BCUT2D eigenvalue weighted by Gasteiger charge is -2.09. The number of benzene rings is 1. The molecule has 2 nitrogen and oxygen atoms in total. The normalized spacial score (nSPS) is 12.2. The number of nitriles is 1. The van der Waals surface area contributed by atoms with Gasteiger partial charge in [0.1, 0.15) is 5.82 Å². The zero-order valence-corrected chi connectivity index (χ0v) is 9.97. The first-order valence-electron chi connectivity index (χ1n) is 5.40. The molecular weight excluding hydrogens is 203 g/mol. The number of aryl methyl sites for hydroxylation is 2. The Morgan fingerprint density at radius 1 is 1.38 bits per heavy atom. The number of nitrogens with one attached hydrogen (secondary N) is 1. The Bertz CT molecular complexity index is 384. The standard InChI is InChI=1S/C13H17FN2/c1-9(6-15)7-16-8-12-4-10(2)13(14)11(3)5-12/h4-5,9,16H,7-8H2,1-3H3. The van der Waals surface area contributed by atoms with Crippen LogP contribution in [0, 0.1) is 36.9 Å². The van der Waals surface area contributed by atoms with Gasteiger partial charge in [-0.3, -0.25) is 0 Å². The van der Waals surface area contributed by atoms with Gasteiger partial charge < -0.3 is 5.32 Å². The molecule has 1 aromatic carbocycles. The van der Waals surface area contributed by atoms with Gasteiger partial charge in [-0.1, -0.05) is 12.1 Å². The van der Waals surface area contributed by atoms with Crippen LogP contribution in [0.2, 0.25) is 0 Å². The topological polar surface area (TPSA) is 35.8 Å². The van der Waals surface area contributed by atoms with Crippen LogP contribution in [-0.4, -0.2) is 6.54 Å². The Hall–Kier alpha value is -1.40. The van der Waals surface area contributed by atoms with Crippen LogP contribution in [0.15, 0.2) is 12.1 Å². The number of hydrogen-bond donors (Lipinski definition) is 1. The highest BCUT2D eigenvalue weighted by Crippen LogP contribution is 2.14. The second-order valence-corrected chi connectivity index (χ2v) is 4.20. The fraction of sp³-hybridized carbons (Fsp3) is 0.462. The predicted octanol–water partition coefficient (Wildman–Crippen LogP) is 2.69. The summed E-state index contributed by atoms with van der Waals surface area (Å²) in [7, 11) is 0. The highest BCUT2D eigenvalue weighted by molar-refractivity contribution is 5.30. The molecule has 0 fully saturated rings. The third-order valence-corrected chi connectivity index (χ3v) is 2.50. The third-order valence-electron chi connectivity index (χ3n) is 2.50. The lowest BCUT2D eigenvalue weighted by atomic mass is 10.1. The number of halogens is 1. The molecule has 1 unspecified atom stereocenters. The average Bonchev–Trinajstić information content (AvgIpc) is 2.25. The molecule has 0 radical (unpaired) electrons. The second kappa shape index (κ2) is 5.62. The zero-order valence-electron chi connectivity index (χ0n) is 9.97. The van der Waals surface area contributed by atoms with Gasteiger partial charge >= 0.3 is 0 Å². The van der Waals surface area contributed by atoms with E-state index < -0.39 is 0 Å². The smallest absolute Gasteiger partial charge is 0.129 e. The van der Waals surface area contributed by atoms with E-state index >= 15 is 0 Å². The van der Waals surface area contributed by atoms with Crippen molar-refractivity contribution in [2.75, 3.05) is 6.54 Å². The lowest BCUT2D eigenvalue weighted by molar-refractivity contribution is 0.592. The molecule has 1 atom stereocenters. The molecule has 0 spiro atoms. The summed E-state index contributed by atoms with van der Waals surface area (Å²) in [6, 6.07) is 5.84. The van der Waals surface area contributed by atoms with Crippen molar-refractivity contribution in [2.45, 2.75) is 27.3 Å². The first kappa shape index (κ1) is 12.7. The monoisotopic (exact) mass is 220 g/mol. The SMILES string of the molecule is Cc1cc(CNCC(C)C#N)cc(C)c1F. The Kier molecular flexibility index (Phi) is 4.45.